The van der Waals surface area contributed by atoms with Crippen LogP contribution in [0.15, 0.2) is 12.3 Å². The molecule has 64 valence electrons. The monoisotopic (exact) mass is 277 g/mol. The summed E-state index contributed by atoms with van der Waals surface area (Å²) in [5.74, 6) is 0.587. The van der Waals surface area contributed by atoms with Crippen LogP contribution in [0, 0.1) is 3.57 Å². The van der Waals surface area contributed by atoms with Gasteiger partial charge in [0.15, 0.2) is 6.29 Å². The van der Waals surface area contributed by atoms with E-state index in [1.807, 2.05) is 6.92 Å². The van der Waals surface area contributed by atoms with Crippen molar-refractivity contribution in [1.82, 2.24) is 4.98 Å². The van der Waals surface area contributed by atoms with Gasteiger partial charge < -0.3 is 4.74 Å². The SMILES string of the molecule is CCOc1ncc(C=O)cc1I. The highest BCUT2D eigenvalue weighted by Gasteiger charge is 2.02. The van der Waals surface area contributed by atoms with Crippen molar-refractivity contribution in [1.29, 1.82) is 0 Å². The number of carbonyl (C=O) groups excluding carboxylic acids is 1. The first-order valence-electron chi connectivity index (χ1n) is 3.51. The van der Waals surface area contributed by atoms with E-state index in [9.17, 15) is 4.79 Å². The van der Waals surface area contributed by atoms with E-state index in [0.29, 0.717) is 18.1 Å². The van der Waals surface area contributed by atoms with Gasteiger partial charge in [-0.25, -0.2) is 4.98 Å². The topological polar surface area (TPSA) is 39.2 Å². The molecule has 1 heterocycles. The summed E-state index contributed by atoms with van der Waals surface area (Å²) in [7, 11) is 0. The van der Waals surface area contributed by atoms with Gasteiger partial charge in [-0.05, 0) is 35.6 Å². The van der Waals surface area contributed by atoms with Crippen LogP contribution in [0.5, 0.6) is 5.88 Å². The van der Waals surface area contributed by atoms with Crippen LogP contribution in [0.1, 0.15) is 17.3 Å². The van der Waals surface area contributed by atoms with E-state index < -0.39 is 0 Å². The lowest BCUT2D eigenvalue weighted by Gasteiger charge is -2.03. The first-order valence-corrected chi connectivity index (χ1v) is 4.59. The summed E-state index contributed by atoms with van der Waals surface area (Å²) in [6.45, 7) is 2.48. The third-order valence-corrected chi connectivity index (χ3v) is 2.02. The normalized spacial score (nSPS) is 9.50. The van der Waals surface area contributed by atoms with Crippen LogP contribution in [-0.2, 0) is 0 Å². The van der Waals surface area contributed by atoms with Crippen molar-refractivity contribution in [3.05, 3.63) is 21.4 Å². The van der Waals surface area contributed by atoms with Crippen LogP contribution in [-0.4, -0.2) is 17.9 Å². The van der Waals surface area contributed by atoms with Crippen molar-refractivity contribution in [2.45, 2.75) is 6.92 Å². The lowest BCUT2D eigenvalue weighted by atomic mass is 10.3. The standard InChI is InChI=1S/C8H8INO2/c1-2-12-8-7(9)3-6(5-11)4-10-8/h3-5H,2H2,1H3. The number of pyridine rings is 1. The summed E-state index contributed by atoms with van der Waals surface area (Å²) in [4.78, 5) is 14.3. The molecule has 0 aromatic carbocycles. The van der Waals surface area contributed by atoms with Crippen LogP contribution < -0.4 is 4.74 Å². The molecule has 12 heavy (non-hydrogen) atoms. The maximum Gasteiger partial charge on any atom is 0.227 e. The maximum absolute atomic E-state index is 10.3. The van der Waals surface area contributed by atoms with Crippen molar-refractivity contribution >= 4 is 28.9 Å². The average Bonchev–Trinajstić information content (AvgIpc) is 2.09. The molecule has 4 heteroatoms. The molecule has 0 saturated heterocycles. The first-order chi connectivity index (χ1) is 5.77. The molecule has 0 N–H and O–H groups in total. The first kappa shape index (κ1) is 9.44. The van der Waals surface area contributed by atoms with Gasteiger partial charge in [0, 0.05) is 11.8 Å². The summed E-state index contributed by atoms with van der Waals surface area (Å²) >= 11 is 2.09. The lowest BCUT2D eigenvalue weighted by molar-refractivity contribution is 0.112. The fraction of sp³-hybridized carbons (Fsp3) is 0.250. The van der Waals surface area contributed by atoms with Gasteiger partial charge in [-0.15, -0.1) is 0 Å². The number of nitrogens with zero attached hydrogens (tertiary/aromatic N) is 1. The zero-order chi connectivity index (χ0) is 8.97. The van der Waals surface area contributed by atoms with E-state index in [-0.39, 0.29) is 0 Å². The number of ether oxygens (including phenoxy) is 1. The van der Waals surface area contributed by atoms with E-state index in [4.69, 9.17) is 4.74 Å². The minimum absolute atomic E-state index is 0.572. The number of rotatable bonds is 3. The van der Waals surface area contributed by atoms with E-state index in [1.165, 1.54) is 6.20 Å². The molecule has 1 aromatic rings. The Bertz CT molecular complexity index is 288. The zero-order valence-electron chi connectivity index (χ0n) is 6.58. The Morgan fingerprint density at radius 2 is 2.50 bits per heavy atom. The van der Waals surface area contributed by atoms with Crippen LogP contribution in [0.3, 0.4) is 0 Å². The second-order valence-corrected chi connectivity index (χ2v) is 3.27. The summed E-state index contributed by atoms with van der Waals surface area (Å²) in [6.07, 6.45) is 2.27. The van der Waals surface area contributed by atoms with Gasteiger partial charge in [0.05, 0.1) is 10.2 Å². The second-order valence-electron chi connectivity index (χ2n) is 2.11. The Morgan fingerprint density at radius 3 is 3.00 bits per heavy atom. The molecular weight excluding hydrogens is 269 g/mol. The van der Waals surface area contributed by atoms with Crippen LogP contribution in [0.25, 0.3) is 0 Å². The second kappa shape index (κ2) is 4.39. The molecule has 0 aliphatic carbocycles. The average molecular weight is 277 g/mol. The van der Waals surface area contributed by atoms with E-state index in [0.717, 1.165) is 9.86 Å². The van der Waals surface area contributed by atoms with E-state index in [1.54, 1.807) is 6.07 Å². The molecule has 0 fully saturated rings. The fourth-order valence-electron chi connectivity index (χ4n) is 0.748. The van der Waals surface area contributed by atoms with Crippen LogP contribution in [0.4, 0.5) is 0 Å². The molecule has 0 atom stereocenters. The van der Waals surface area contributed by atoms with Crippen molar-refractivity contribution < 1.29 is 9.53 Å². The maximum atomic E-state index is 10.3. The quantitative estimate of drug-likeness (QED) is 0.625. The molecule has 0 aliphatic heterocycles. The smallest absolute Gasteiger partial charge is 0.227 e. The highest BCUT2D eigenvalue weighted by Crippen LogP contribution is 2.17. The minimum Gasteiger partial charge on any atom is -0.477 e. The van der Waals surface area contributed by atoms with Crippen molar-refractivity contribution in [2.24, 2.45) is 0 Å². The van der Waals surface area contributed by atoms with E-state index >= 15 is 0 Å². The summed E-state index contributed by atoms with van der Waals surface area (Å²) in [5.41, 5.74) is 0.572. The van der Waals surface area contributed by atoms with Crippen molar-refractivity contribution in [2.75, 3.05) is 6.61 Å². The Hall–Kier alpha value is -0.650. The van der Waals surface area contributed by atoms with Gasteiger partial charge >= 0.3 is 0 Å². The molecule has 1 aromatic heterocycles. The highest BCUT2D eigenvalue weighted by atomic mass is 127. The third kappa shape index (κ3) is 2.17. The van der Waals surface area contributed by atoms with Gasteiger partial charge in [-0.2, -0.15) is 0 Å². The predicted molar refractivity (Wildman–Crippen MR) is 53.5 cm³/mol. The lowest BCUT2D eigenvalue weighted by Crippen LogP contribution is -1.97. The van der Waals surface area contributed by atoms with Crippen LogP contribution >= 0.6 is 22.6 Å². The summed E-state index contributed by atoms with van der Waals surface area (Å²) in [6, 6.07) is 1.74. The number of halogens is 1. The molecule has 0 bridgehead atoms. The molecule has 0 aliphatic rings. The number of carbonyl (C=O) groups is 1. The van der Waals surface area contributed by atoms with Gasteiger partial charge in [0.1, 0.15) is 0 Å². The van der Waals surface area contributed by atoms with Crippen LogP contribution in [0.2, 0.25) is 0 Å². The Labute approximate surface area is 84.3 Å². The van der Waals surface area contributed by atoms with Gasteiger partial charge in [0.2, 0.25) is 5.88 Å². The Kier molecular flexibility index (Phi) is 3.46. The third-order valence-electron chi connectivity index (χ3n) is 1.25. The molecule has 1 rings (SSSR count). The number of aromatic nitrogens is 1. The summed E-state index contributed by atoms with van der Waals surface area (Å²) in [5, 5.41) is 0. The molecule has 0 spiro atoms. The van der Waals surface area contributed by atoms with Crippen molar-refractivity contribution in [3.8, 4) is 5.88 Å². The van der Waals surface area contributed by atoms with Gasteiger partial charge in [0.25, 0.3) is 0 Å². The van der Waals surface area contributed by atoms with Gasteiger partial charge in [-0.3, -0.25) is 4.79 Å². The zero-order valence-corrected chi connectivity index (χ0v) is 8.74. The van der Waals surface area contributed by atoms with Crippen molar-refractivity contribution in [3.63, 3.8) is 0 Å². The number of hydrogen-bond acceptors (Lipinski definition) is 3. The molecule has 0 unspecified atom stereocenters. The highest BCUT2D eigenvalue weighted by molar-refractivity contribution is 14.1. The molecule has 0 radical (unpaired) electrons. The molecular formula is C8H8INO2. The fourth-order valence-corrected chi connectivity index (χ4v) is 1.40. The number of aldehydes is 1. The van der Waals surface area contributed by atoms with Gasteiger partial charge in [-0.1, -0.05) is 0 Å². The summed E-state index contributed by atoms with van der Waals surface area (Å²) < 4.78 is 6.06. The molecule has 0 saturated carbocycles. The minimum atomic E-state index is 0.572. The largest absolute Gasteiger partial charge is 0.477 e. The Morgan fingerprint density at radius 1 is 1.75 bits per heavy atom. The number of hydrogen-bond donors (Lipinski definition) is 0. The van der Waals surface area contributed by atoms with E-state index in [2.05, 4.69) is 27.6 Å². The Balaban J connectivity index is 2.94. The predicted octanol–water partition coefficient (Wildman–Crippen LogP) is 1.90. The molecule has 0 amide bonds. The molecule has 3 nitrogen and oxygen atoms in total.